The highest BCUT2D eigenvalue weighted by Gasteiger charge is 2.40. The molecule has 0 aromatic heterocycles. The zero-order chi connectivity index (χ0) is 31.4. The number of carboxylic acid groups (broad SMARTS) is 1. The van der Waals surface area contributed by atoms with Gasteiger partial charge in [0, 0.05) is 48.1 Å². The fourth-order valence-electron chi connectivity index (χ4n) is 7.06. The third-order valence-electron chi connectivity index (χ3n) is 9.21. The van der Waals surface area contributed by atoms with Gasteiger partial charge in [-0.05, 0) is 44.0 Å². The van der Waals surface area contributed by atoms with Crippen LogP contribution in [0.15, 0.2) is 42.5 Å². The van der Waals surface area contributed by atoms with E-state index in [0.29, 0.717) is 41.8 Å². The first-order chi connectivity index (χ1) is 21.7. The number of piperazine rings is 1. The number of amides is 1. The van der Waals surface area contributed by atoms with E-state index in [2.05, 4.69) is 22.0 Å². The molecule has 3 fully saturated rings. The smallest absolute Gasteiger partial charge is 0.337 e. The molecular weight excluding hydrogens is 622 g/mol. The van der Waals surface area contributed by atoms with Crippen molar-refractivity contribution >= 4 is 46.5 Å². The van der Waals surface area contributed by atoms with Crippen LogP contribution < -0.4 is 19.9 Å². The van der Waals surface area contributed by atoms with E-state index in [4.69, 9.17) is 32.7 Å². The SMILES string of the molecule is CC1CN(c2cc(Cl)c(C(=O)N3COc4c(cccc4-c4cc(N5C6CCC5COC6)c(C(=O)O)cc4F)C3)c(Cl)c2)CCN1. The van der Waals surface area contributed by atoms with Gasteiger partial charge in [-0.1, -0.05) is 41.4 Å². The van der Waals surface area contributed by atoms with Gasteiger partial charge in [0.2, 0.25) is 0 Å². The summed E-state index contributed by atoms with van der Waals surface area (Å²) in [6, 6.07) is 12.0. The van der Waals surface area contributed by atoms with Crippen LogP contribution in [-0.2, 0) is 11.3 Å². The Kier molecular flexibility index (Phi) is 8.02. The molecule has 236 valence electrons. The molecule has 3 saturated heterocycles. The maximum absolute atomic E-state index is 15.7. The lowest BCUT2D eigenvalue weighted by atomic mass is 9.96. The minimum atomic E-state index is -1.19. The van der Waals surface area contributed by atoms with Crippen LogP contribution in [-0.4, -0.2) is 79.6 Å². The van der Waals surface area contributed by atoms with Gasteiger partial charge in [0.05, 0.1) is 58.7 Å². The molecule has 1 amide bonds. The summed E-state index contributed by atoms with van der Waals surface area (Å²) in [5.41, 5.74) is 2.86. The Morgan fingerprint density at radius 2 is 1.78 bits per heavy atom. The lowest BCUT2D eigenvalue weighted by Crippen LogP contribution is -2.49. The summed E-state index contributed by atoms with van der Waals surface area (Å²) in [5.74, 6) is -1.78. The van der Waals surface area contributed by atoms with Gasteiger partial charge >= 0.3 is 5.97 Å². The number of ether oxygens (including phenoxy) is 2. The normalized spacial score (nSPS) is 22.7. The third kappa shape index (κ3) is 5.48. The van der Waals surface area contributed by atoms with Gasteiger partial charge in [0.1, 0.15) is 11.6 Å². The van der Waals surface area contributed by atoms with Gasteiger partial charge in [0.25, 0.3) is 5.91 Å². The summed E-state index contributed by atoms with van der Waals surface area (Å²) >= 11 is 13.3. The summed E-state index contributed by atoms with van der Waals surface area (Å²) < 4.78 is 27.5. The number of halogens is 3. The van der Waals surface area contributed by atoms with Crippen molar-refractivity contribution in [2.75, 3.05) is 49.4 Å². The van der Waals surface area contributed by atoms with Crippen molar-refractivity contribution in [2.45, 2.75) is 44.4 Å². The topological polar surface area (TPSA) is 94.6 Å². The minimum absolute atomic E-state index is 0.0359. The van der Waals surface area contributed by atoms with Gasteiger partial charge < -0.3 is 34.6 Å². The number of morpholine rings is 1. The zero-order valence-corrected chi connectivity index (χ0v) is 26.2. The molecule has 4 aliphatic rings. The lowest BCUT2D eigenvalue weighted by molar-refractivity contribution is 0.0516. The Bertz CT molecular complexity index is 1650. The monoisotopic (exact) mass is 654 g/mol. The molecule has 3 aromatic carbocycles. The number of hydrogen-bond acceptors (Lipinski definition) is 7. The predicted molar refractivity (Wildman–Crippen MR) is 170 cm³/mol. The molecular formula is C33H33Cl2FN4O5. The average molecular weight is 656 g/mol. The van der Waals surface area contributed by atoms with E-state index >= 15 is 4.39 Å². The number of nitrogens with one attached hydrogen (secondary N) is 1. The molecule has 4 aliphatic heterocycles. The number of nitrogens with zero attached hydrogens (tertiary/aromatic N) is 3. The molecule has 12 heteroatoms. The molecule has 4 heterocycles. The third-order valence-corrected chi connectivity index (χ3v) is 9.81. The molecule has 9 nitrogen and oxygen atoms in total. The van der Waals surface area contributed by atoms with E-state index in [1.165, 1.54) is 4.90 Å². The maximum atomic E-state index is 15.7. The first-order valence-electron chi connectivity index (χ1n) is 15.1. The van der Waals surface area contributed by atoms with E-state index in [1.807, 2.05) is 6.07 Å². The molecule has 45 heavy (non-hydrogen) atoms. The van der Waals surface area contributed by atoms with E-state index in [-0.39, 0.29) is 58.0 Å². The highest BCUT2D eigenvalue weighted by atomic mass is 35.5. The summed E-state index contributed by atoms with van der Waals surface area (Å²) in [7, 11) is 0. The summed E-state index contributed by atoms with van der Waals surface area (Å²) in [5, 5.41) is 13.9. The molecule has 0 spiro atoms. The number of carbonyl (C=O) groups is 2. The quantitative estimate of drug-likeness (QED) is 0.364. The largest absolute Gasteiger partial charge is 0.478 e. The van der Waals surface area contributed by atoms with Crippen molar-refractivity contribution in [3.63, 3.8) is 0 Å². The molecule has 0 radical (unpaired) electrons. The van der Waals surface area contributed by atoms with Gasteiger partial charge in [-0.3, -0.25) is 4.79 Å². The molecule has 3 atom stereocenters. The predicted octanol–water partition coefficient (Wildman–Crippen LogP) is 5.66. The van der Waals surface area contributed by atoms with Crippen LogP contribution in [0.25, 0.3) is 11.1 Å². The summed E-state index contributed by atoms with van der Waals surface area (Å²) in [4.78, 5) is 31.7. The number of hydrogen-bond donors (Lipinski definition) is 2. The fraction of sp³-hybridized carbons (Fsp3) is 0.394. The number of aromatic carboxylic acids is 1. The van der Waals surface area contributed by atoms with Crippen LogP contribution >= 0.6 is 23.2 Å². The van der Waals surface area contributed by atoms with E-state index in [9.17, 15) is 14.7 Å². The van der Waals surface area contributed by atoms with Crippen molar-refractivity contribution in [2.24, 2.45) is 0 Å². The Morgan fingerprint density at radius 1 is 1.04 bits per heavy atom. The Morgan fingerprint density at radius 3 is 2.47 bits per heavy atom. The van der Waals surface area contributed by atoms with Crippen LogP contribution in [0, 0.1) is 5.82 Å². The number of anilines is 2. The number of carbonyl (C=O) groups excluding carboxylic acids is 1. The summed E-state index contributed by atoms with van der Waals surface area (Å²) in [6.45, 7) is 5.66. The first kappa shape index (κ1) is 30.1. The van der Waals surface area contributed by atoms with Crippen LogP contribution in [0.3, 0.4) is 0 Å². The Hall–Kier alpha value is -3.57. The number of carboxylic acids is 1. The van der Waals surface area contributed by atoms with E-state index < -0.39 is 11.8 Å². The molecule has 7 rings (SSSR count). The van der Waals surface area contributed by atoms with Gasteiger partial charge in [-0.2, -0.15) is 0 Å². The van der Waals surface area contributed by atoms with Crippen molar-refractivity contribution in [1.82, 2.24) is 10.2 Å². The van der Waals surface area contributed by atoms with Gasteiger partial charge in [-0.15, -0.1) is 0 Å². The van der Waals surface area contributed by atoms with Crippen LogP contribution in [0.4, 0.5) is 15.8 Å². The van der Waals surface area contributed by atoms with E-state index in [1.54, 1.807) is 30.3 Å². The molecule has 3 unspecified atom stereocenters. The molecule has 2 N–H and O–H groups in total. The number of para-hydroxylation sites is 1. The van der Waals surface area contributed by atoms with Gasteiger partial charge in [0.15, 0.2) is 6.73 Å². The highest BCUT2D eigenvalue weighted by Crippen LogP contribution is 2.43. The number of benzene rings is 3. The second kappa shape index (κ2) is 12.0. The van der Waals surface area contributed by atoms with Crippen LogP contribution in [0.5, 0.6) is 5.75 Å². The molecule has 3 aromatic rings. The highest BCUT2D eigenvalue weighted by molar-refractivity contribution is 6.40. The average Bonchev–Trinajstić information content (AvgIpc) is 3.26. The van der Waals surface area contributed by atoms with Crippen LogP contribution in [0.1, 0.15) is 46.0 Å². The molecule has 0 aliphatic carbocycles. The second-order valence-electron chi connectivity index (χ2n) is 12.1. The van der Waals surface area contributed by atoms with Crippen molar-refractivity contribution in [3.05, 3.63) is 75.0 Å². The molecule has 2 bridgehead atoms. The fourth-order valence-corrected chi connectivity index (χ4v) is 7.70. The van der Waals surface area contributed by atoms with Crippen molar-refractivity contribution in [3.8, 4) is 16.9 Å². The minimum Gasteiger partial charge on any atom is -0.478 e. The zero-order valence-electron chi connectivity index (χ0n) is 24.7. The lowest BCUT2D eigenvalue weighted by Gasteiger charge is -2.37. The van der Waals surface area contributed by atoms with Crippen molar-refractivity contribution < 1.29 is 28.6 Å². The number of rotatable bonds is 5. The second-order valence-corrected chi connectivity index (χ2v) is 13.0. The number of fused-ring (bicyclic) bond motifs is 3. The van der Waals surface area contributed by atoms with Crippen LogP contribution in [0.2, 0.25) is 10.0 Å². The Balaban J connectivity index is 1.18. The maximum Gasteiger partial charge on any atom is 0.337 e. The first-order valence-corrected chi connectivity index (χ1v) is 15.9. The van der Waals surface area contributed by atoms with E-state index in [0.717, 1.165) is 44.2 Å². The standard InChI is InChI=1S/C33H33Cl2FN4O5/c1-18-13-38(8-7-37-18)22-9-26(34)30(27(35)10-22)32(41)39-14-19-3-2-4-23(31(19)45-17-39)24-12-29(25(33(42)43)11-28(24)36)40-20-5-6-21(40)16-44-15-20/h2-4,9-12,18,20-21,37H,5-8,13-17H2,1H3,(H,42,43). The Labute approximate surface area is 270 Å². The van der Waals surface area contributed by atoms with Gasteiger partial charge in [-0.25, -0.2) is 9.18 Å². The molecule has 0 saturated carbocycles. The summed E-state index contributed by atoms with van der Waals surface area (Å²) in [6.07, 6.45) is 1.77. The van der Waals surface area contributed by atoms with Crippen molar-refractivity contribution in [1.29, 1.82) is 0 Å².